The summed E-state index contributed by atoms with van der Waals surface area (Å²) in [6.45, 7) is 3.97. The highest BCUT2D eigenvalue weighted by Gasteiger charge is 2.12. The molecule has 2 N–H and O–H groups in total. The summed E-state index contributed by atoms with van der Waals surface area (Å²) in [5.41, 5.74) is 1.40. The zero-order valence-electron chi connectivity index (χ0n) is 13.0. The van der Waals surface area contributed by atoms with Gasteiger partial charge in [0.25, 0.3) is 11.8 Å². The average Bonchev–Trinajstić information content (AvgIpc) is 2.53. The van der Waals surface area contributed by atoms with Gasteiger partial charge in [-0.05, 0) is 37.6 Å². The molecule has 0 aliphatic rings. The number of nitrogens with one attached hydrogen (secondary N) is 2. The average molecular weight is 315 g/mol. The third kappa shape index (κ3) is 4.88. The quantitative estimate of drug-likeness (QED) is 0.889. The van der Waals surface area contributed by atoms with Crippen molar-refractivity contribution in [1.82, 2.24) is 15.6 Å². The highest BCUT2D eigenvalue weighted by molar-refractivity contribution is 5.99. The van der Waals surface area contributed by atoms with Gasteiger partial charge in [0.1, 0.15) is 5.82 Å². The molecule has 1 aromatic heterocycles. The second-order valence-corrected chi connectivity index (χ2v) is 5.40. The fourth-order valence-electron chi connectivity index (χ4n) is 1.92. The molecule has 0 aliphatic carbocycles. The van der Waals surface area contributed by atoms with Crippen LogP contribution in [0.2, 0.25) is 0 Å². The van der Waals surface area contributed by atoms with Crippen LogP contribution >= 0.6 is 0 Å². The molecule has 0 saturated carbocycles. The van der Waals surface area contributed by atoms with Crippen LogP contribution in [0.1, 0.15) is 40.1 Å². The fraction of sp³-hybridized carbons (Fsp3) is 0.235. The van der Waals surface area contributed by atoms with E-state index in [2.05, 4.69) is 15.6 Å². The Balaban J connectivity index is 2.02. The first-order valence-electron chi connectivity index (χ1n) is 7.24. The van der Waals surface area contributed by atoms with Crippen molar-refractivity contribution < 1.29 is 14.0 Å². The minimum Gasteiger partial charge on any atom is -0.350 e. The molecule has 1 aromatic carbocycles. The van der Waals surface area contributed by atoms with Gasteiger partial charge in [0.15, 0.2) is 0 Å². The normalized spacial score (nSPS) is 10.4. The second kappa shape index (κ2) is 7.49. The van der Waals surface area contributed by atoms with Crippen molar-refractivity contribution >= 4 is 11.8 Å². The van der Waals surface area contributed by atoms with Gasteiger partial charge in [0.2, 0.25) is 0 Å². The number of halogens is 1. The fourth-order valence-corrected chi connectivity index (χ4v) is 1.92. The van der Waals surface area contributed by atoms with Crippen LogP contribution in [0.4, 0.5) is 4.39 Å². The molecule has 120 valence electrons. The Morgan fingerprint density at radius 2 is 1.70 bits per heavy atom. The number of nitrogens with zero attached hydrogens (tertiary/aromatic N) is 1. The lowest BCUT2D eigenvalue weighted by Gasteiger charge is -2.09. The van der Waals surface area contributed by atoms with Gasteiger partial charge in [0, 0.05) is 25.0 Å². The van der Waals surface area contributed by atoms with Gasteiger partial charge in [-0.3, -0.25) is 14.6 Å². The van der Waals surface area contributed by atoms with E-state index in [0.717, 1.165) is 5.56 Å². The van der Waals surface area contributed by atoms with Gasteiger partial charge in [-0.2, -0.15) is 0 Å². The predicted octanol–water partition coefficient (Wildman–Crippen LogP) is 2.29. The van der Waals surface area contributed by atoms with Crippen molar-refractivity contribution in [2.75, 3.05) is 0 Å². The van der Waals surface area contributed by atoms with Gasteiger partial charge < -0.3 is 10.6 Å². The van der Waals surface area contributed by atoms with E-state index in [1.807, 2.05) is 13.8 Å². The number of hydrogen-bond acceptors (Lipinski definition) is 3. The molecule has 0 spiro atoms. The Labute approximate surface area is 133 Å². The van der Waals surface area contributed by atoms with Crippen LogP contribution in [-0.4, -0.2) is 22.8 Å². The summed E-state index contributed by atoms with van der Waals surface area (Å²) < 4.78 is 12.8. The van der Waals surface area contributed by atoms with Crippen LogP contribution in [0.15, 0.2) is 42.7 Å². The number of aromatic nitrogens is 1. The molecule has 0 atom stereocenters. The topological polar surface area (TPSA) is 71.1 Å². The number of carbonyl (C=O) groups excluding carboxylic acids is 2. The standard InChI is InChI=1S/C17H18FN3O2/c1-11(2)21-17(23)14-7-13(9-19-10-14)16(22)20-8-12-3-5-15(18)6-4-12/h3-7,9-11H,8H2,1-2H3,(H,20,22)(H,21,23). The molecule has 0 unspecified atom stereocenters. The van der Waals surface area contributed by atoms with Gasteiger partial charge >= 0.3 is 0 Å². The molecule has 0 bridgehead atoms. The number of amides is 2. The van der Waals surface area contributed by atoms with Crippen LogP contribution in [0.3, 0.4) is 0 Å². The summed E-state index contributed by atoms with van der Waals surface area (Å²) in [4.78, 5) is 28.0. The number of benzene rings is 1. The number of rotatable bonds is 5. The number of hydrogen-bond donors (Lipinski definition) is 2. The lowest BCUT2D eigenvalue weighted by Crippen LogP contribution is -2.30. The van der Waals surface area contributed by atoms with Gasteiger partial charge in [-0.15, -0.1) is 0 Å². The molecule has 0 saturated heterocycles. The summed E-state index contributed by atoms with van der Waals surface area (Å²) >= 11 is 0. The van der Waals surface area contributed by atoms with E-state index >= 15 is 0 Å². The van der Waals surface area contributed by atoms with Crippen molar-refractivity contribution in [1.29, 1.82) is 0 Å². The molecule has 0 radical (unpaired) electrons. The molecular formula is C17H18FN3O2. The molecule has 23 heavy (non-hydrogen) atoms. The SMILES string of the molecule is CC(C)NC(=O)c1cncc(C(=O)NCc2ccc(F)cc2)c1. The summed E-state index contributed by atoms with van der Waals surface area (Å²) in [6, 6.07) is 7.35. The Morgan fingerprint density at radius 3 is 2.30 bits per heavy atom. The van der Waals surface area contributed by atoms with Crippen molar-refractivity contribution in [3.05, 3.63) is 65.2 Å². The summed E-state index contributed by atoms with van der Waals surface area (Å²) in [7, 11) is 0. The van der Waals surface area contributed by atoms with E-state index in [-0.39, 0.29) is 30.2 Å². The van der Waals surface area contributed by atoms with E-state index in [4.69, 9.17) is 0 Å². The summed E-state index contributed by atoms with van der Waals surface area (Å²) in [5, 5.41) is 5.45. The monoisotopic (exact) mass is 315 g/mol. The summed E-state index contributed by atoms with van der Waals surface area (Å²) in [6.07, 6.45) is 2.81. The van der Waals surface area contributed by atoms with Gasteiger partial charge in [-0.1, -0.05) is 12.1 Å². The lowest BCUT2D eigenvalue weighted by atomic mass is 10.1. The molecule has 2 rings (SSSR count). The smallest absolute Gasteiger partial charge is 0.253 e. The Hall–Kier alpha value is -2.76. The highest BCUT2D eigenvalue weighted by atomic mass is 19.1. The number of carbonyl (C=O) groups is 2. The third-order valence-corrected chi connectivity index (χ3v) is 3.05. The number of pyridine rings is 1. The molecule has 0 aliphatic heterocycles. The van der Waals surface area contributed by atoms with Crippen LogP contribution < -0.4 is 10.6 Å². The minimum atomic E-state index is -0.346. The summed E-state index contributed by atoms with van der Waals surface area (Å²) in [5.74, 6) is -0.949. The molecule has 2 aromatic rings. The first-order chi connectivity index (χ1) is 11.0. The molecule has 0 fully saturated rings. The Morgan fingerprint density at radius 1 is 1.09 bits per heavy atom. The van der Waals surface area contributed by atoms with E-state index < -0.39 is 0 Å². The van der Waals surface area contributed by atoms with E-state index in [9.17, 15) is 14.0 Å². The Bertz CT molecular complexity index is 699. The van der Waals surface area contributed by atoms with E-state index in [0.29, 0.717) is 11.1 Å². The zero-order valence-corrected chi connectivity index (χ0v) is 13.0. The highest BCUT2D eigenvalue weighted by Crippen LogP contribution is 2.06. The van der Waals surface area contributed by atoms with Crippen LogP contribution in [-0.2, 0) is 6.54 Å². The largest absolute Gasteiger partial charge is 0.350 e. The Kier molecular flexibility index (Phi) is 5.41. The second-order valence-electron chi connectivity index (χ2n) is 5.40. The van der Waals surface area contributed by atoms with Crippen molar-refractivity contribution in [2.45, 2.75) is 26.4 Å². The molecule has 5 nitrogen and oxygen atoms in total. The first kappa shape index (κ1) is 16.6. The third-order valence-electron chi connectivity index (χ3n) is 3.05. The van der Waals surface area contributed by atoms with Crippen LogP contribution in [0, 0.1) is 5.82 Å². The molecule has 2 amide bonds. The zero-order chi connectivity index (χ0) is 16.8. The van der Waals surface area contributed by atoms with E-state index in [1.165, 1.54) is 30.6 Å². The molecular weight excluding hydrogens is 297 g/mol. The maximum atomic E-state index is 12.8. The maximum Gasteiger partial charge on any atom is 0.253 e. The van der Waals surface area contributed by atoms with Gasteiger partial charge in [0.05, 0.1) is 11.1 Å². The predicted molar refractivity (Wildman–Crippen MR) is 84.4 cm³/mol. The van der Waals surface area contributed by atoms with Crippen LogP contribution in [0.25, 0.3) is 0 Å². The van der Waals surface area contributed by atoms with Gasteiger partial charge in [-0.25, -0.2) is 4.39 Å². The van der Waals surface area contributed by atoms with Crippen LogP contribution in [0.5, 0.6) is 0 Å². The minimum absolute atomic E-state index is 0.00143. The van der Waals surface area contributed by atoms with E-state index in [1.54, 1.807) is 12.1 Å². The molecule has 6 heteroatoms. The first-order valence-corrected chi connectivity index (χ1v) is 7.24. The molecule has 1 heterocycles. The van der Waals surface area contributed by atoms with Crippen molar-refractivity contribution in [3.63, 3.8) is 0 Å². The van der Waals surface area contributed by atoms with Crippen molar-refractivity contribution in [2.24, 2.45) is 0 Å². The lowest BCUT2D eigenvalue weighted by molar-refractivity contribution is 0.0942. The maximum absolute atomic E-state index is 12.8. The van der Waals surface area contributed by atoms with Crippen molar-refractivity contribution in [3.8, 4) is 0 Å².